The van der Waals surface area contributed by atoms with E-state index in [2.05, 4.69) is 9.88 Å². The number of ether oxygens (including phenoxy) is 1. The topological polar surface area (TPSA) is 92.0 Å². The van der Waals surface area contributed by atoms with Gasteiger partial charge in [0.05, 0.1) is 18.7 Å². The number of aromatic nitrogens is 1. The SMILES string of the molecule is COc1ccccc1CN(C)C(=O)c1ccsc1C1CN(c2ccccn2)CCN1C(N)=O. The summed E-state index contributed by atoms with van der Waals surface area (Å²) in [5.74, 6) is 1.46. The minimum absolute atomic E-state index is 0.114. The summed E-state index contributed by atoms with van der Waals surface area (Å²) in [5, 5.41) is 1.89. The van der Waals surface area contributed by atoms with Crippen molar-refractivity contribution in [3.05, 3.63) is 76.1 Å². The first-order chi connectivity index (χ1) is 16.0. The Morgan fingerprint density at radius 3 is 2.70 bits per heavy atom. The number of piperazine rings is 1. The van der Waals surface area contributed by atoms with Gasteiger partial charge in [0.1, 0.15) is 11.6 Å². The summed E-state index contributed by atoms with van der Waals surface area (Å²) < 4.78 is 5.42. The van der Waals surface area contributed by atoms with Gasteiger partial charge in [-0.2, -0.15) is 0 Å². The van der Waals surface area contributed by atoms with Gasteiger partial charge < -0.3 is 25.2 Å². The van der Waals surface area contributed by atoms with Crippen molar-refractivity contribution in [3.63, 3.8) is 0 Å². The van der Waals surface area contributed by atoms with Gasteiger partial charge >= 0.3 is 6.03 Å². The number of carbonyl (C=O) groups is 2. The van der Waals surface area contributed by atoms with E-state index in [0.29, 0.717) is 31.7 Å². The average molecular weight is 466 g/mol. The predicted molar refractivity (Wildman–Crippen MR) is 129 cm³/mol. The van der Waals surface area contributed by atoms with Gasteiger partial charge in [0.15, 0.2) is 0 Å². The van der Waals surface area contributed by atoms with Crippen molar-refractivity contribution in [3.8, 4) is 5.75 Å². The third kappa shape index (κ3) is 4.78. The molecule has 9 heteroatoms. The van der Waals surface area contributed by atoms with Crippen LogP contribution in [0.2, 0.25) is 0 Å². The van der Waals surface area contributed by atoms with Crippen LogP contribution in [-0.2, 0) is 6.54 Å². The monoisotopic (exact) mass is 465 g/mol. The number of carbonyl (C=O) groups excluding carboxylic acids is 2. The number of anilines is 1. The smallest absolute Gasteiger partial charge is 0.315 e. The molecule has 2 aromatic heterocycles. The molecule has 0 radical (unpaired) electrons. The molecule has 3 heterocycles. The van der Waals surface area contributed by atoms with E-state index in [0.717, 1.165) is 22.0 Å². The van der Waals surface area contributed by atoms with Gasteiger partial charge in [-0.1, -0.05) is 24.3 Å². The Morgan fingerprint density at radius 2 is 1.97 bits per heavy atom. The quantitative estimate of drug-likeness (QED) is 0.603. The lowest BCUT2D eigenvalue weighted by Gasteiger charge is -2.41. The lowest BCUT2D eigenvalue weighted by atomic mass is 10.1. The van der Waals surface area contributed by atoms with Crippen molar-refractivity contribution >= 4 is 29.1 Å². The van der Waals surface area contributed by atoms with E-state index < -0.39 is 6.03 Å². The number of rotatable bonds is 6. The van der Waals surface area contributed by atoms with Crippen LogP contribution in [-0.4, -0.2) is 60.5 Å². The summed E-state index contributed by atoms with van der Waals surface area (Å²) in [6.07, 6.45) is 1.75. The standard InChI is InChI=1S/C24H27N5O3S/c1-27(15-17-7-3-4-8-20(17)32-2)23(30)18-10-14-33-22(18)19-16-28(12-13-29(19)24(25)31)21-9-5-6-11-26-21/h3-11,14,19H,12-13,15-16H2,1-2H3,(H2,25,31). The van der Waals surface area contributed by atoms with Crippen LogP contribution in [0.4, 0.5) is 10.6 Å². The summed E-state index contributed by atoms with van der Waals surface area (Å²) in [7, 11) is 3.38. The molecular formula is C24H27N5O3S. The Labute approximate surface area is 197 Å². The first-order valence-electron chi connectivity index (χ1n) is 10.7. The average Bonchev–Trinajstić information content (AvgIpc) is 3.33. The van der Waals surface area contributed by atoms with Crippen molar-refractivity contribution in [2.45, 2.75) is 12.6 Å². The van der Waals surface area contributed by atoms with Gasteiger partial charge in [-0.05, 0) is 29.6 Å². The van der Waals surface area contributed by atoms with Gasteiger partial charge in [0.2, 0.25) is 0 Å². The van der Waals surface area contributed by atoms with Gasteiger partial charge in [-0.15, -0.1) is 11.3 Å². The number of nitrogens with two attached hydrogens (primary N) is 1. The molecule has 4 rings (SSSR count). The number of primary amides is 1. The molecule has 3 aromatic rings. The van der Waals surface area contributed by atoms with Crippen LogP contribution in [0, 0.1) is 0 Å². The van der Waals surface area contributed by atoms with Crippen molar-refractivity contribution in [1.82, 2.24) is 14.8 Å². The first kappa shape index (κ1) is 22.6. The molecule has 172 valence electrons. The molecule has 1 unspecified atom stereocenters. The molecule has 2 N–H and O–H groups in total. The molecule has 1 aliphatic rings. The molecule has 33 heavy (non-hydrogen) atoms. The number of benzene rings is 1. The Kier molecular flexibility index (Phi) is 6.79. The zero-order valence-corrected chi connectivity index (χ0v) is 19.5. The number of thiophene rings is 1. The van der Waals surface area contributed by atoms with E-state index >= 15 is 0 Å². The minimum Gasteiger partial charge on any atom is -0.496 e. The first-order valence-corrected chi connectivity index (χ1v) is 11.5. The third-order valence-electron chi connectivity index (χ3n) is 5.81. The highest BCUT2D eigenvalue weighted by Crippen LogP contribution is 2.34. The van der Waals surface area contributed by atoms with Crippen LogP contribution in [0.3, 0.4) is 0 Å². The van der Waals surface area contributed by atoms with Crippen LogP contribution in [0.5, 0.6) is 5.75 Å². The van der Waals surface area contributed by atoms with Crippen molar-refractivity contribution in [2.75, 3.05) is 38.7 Å². The van der Waals surface area contributed by atoms with Crippen LogP contribution in [0.1, 0.15) is 26.8 Å². The molecule has 0 bridgehead atoms. The number of pyridine rings is 1. The second-order valence-electron chi connectivity index (χ2n) is 7.85. The van der Waals surface area contributed by atoms with Crippen LogP contribution < -0.4 is 15.4 Å². The van der Waals surface area contributed by atoms with E-state index in [1.807, 2.05) is 53.9 Å². The second kappa shape index (κ2) is 9.91. The fourth-order valence-corrected chi connectivity index (χ4v) is 5.13. The molecule has 8 nitrogen and oxygen atoms in total. The van der Waals surface area contributed by atoms with E-state index in [-0.39, 0.29) is 11.9 Å². The van der Waals surface area contributed by atoms with E-state index in [9.17, 15) is 9.59 Å². The van der Waals surface area contributed by atoms with E-state index in [4.69, 9.17) is 10.5 Å². The number of hydrogen-bond donors (Lipinski definition) is 1. The number of nitrogens with zero attached hydrogens (tertiary/aromatic N) is 4. The zero-order chi connectivity index (χ0) is 23.4. The largest absolute Gasteiger partial charge is 0.496 e. The Morgan fingerprint density at radius 1 is 1.18 bits per heavy atom. The zero-order valence-electron chi connectivity index (χ0n) is 18.7. The summed E-state index contributed by atoms with van der Waals surface area (Å²) in [6, 6.07) is 14.4. The Bertz CT molecular complexity index is 1120. The summed E-state index contributed by atoms with van der Waals surface area (Å²) >= 11 is 1.47. The summed E-state index contributed by atoms with van der Waals surface area (Å²) in [5.41, 5.74) is 7.22. The molecule has 0 saturated carbocycles. The normalized spacial score (nSPS) is 15.9. The molecule has 3 amide bonds. The van der Waals surface area contributed by atoms with Crippen LogP contribution in [0.25, 0.3) is 0 Å². The lowest BCUT2D eigenvalue weighted by molar-refractivity contribution is 0.0781. The van der Waals surface area contributed by atoms with Crippen molar-refractivity contribution < 1.29 is 14.3 Å². The molecule has 1 fully saturated rings. The number of amides is 3. The number of hydrogen-bond acceptors (Lipinski definition) is 6. The fraction of sp³-hybridized carbons (Fsp3) is 0.292. The Hall–Kier alpha value is -3.59. The molecular weight excluding hydrogens is 438 g/mol. The highest BCUT2D eigenvalue weighted by Gasteiger charge is 2.35. The molecule has 0 aliphatic carbocycles. The lowest BCUT2D eigenvalue weighted by Crippen LogP contribution is -2.52. The minimum atomic E-state index is -0.491. The van der Waals surface area contributed by atoms with Gasteiger partial charge in [0, 0.05) is 49.9 Å². The van der Waals surface area contributed by atoms with E-state index in [1.165, 1.54) is 11.3 Å². The number of methoxy groups -OCH3 is 1. The molecule has 1 saturated heterocycles. The van der Waals surface area contributed by atoms with Gasteiger partial charge in [0.25, 0.3) is 5.91 Å². The van der Waals surface area contributed by atoms with Crippen LogP contribution >= 0.6 is 11.3 Å². The maximum atomic E-state index is 13.4. The highest BCUT2D eigenvalue weighted by atomic mass is 32.1. The summed E-state index contributed by atoms with van der Waals surface area (Å²) in [6.45, 7) is 2.00. The highest BCUT2D eigenvalue weighted by molar-refractivity contribution is 7.10. The van der Waals surface area contributed by atoms with Crippen LogP contribution in [0.15, 0.2) is 60.1 Å². The maximum absolute atomic E-state index is 13.4. The molecule has 1 atom stereocenters. The fourth-order valence-electron chi connectivity index (χ4n) is 4.14. The van der Waals surface area contributed by atoms with Crippen molar-refractivity contribution in [1.29, 1.82) is 0 Å². The Balaban J connectivity index is 1.59. The molecule has 1 aromatic carbocycles. The van der Waals surface area contributed by atoms with Gasteiger partial charge in [-0.3, -0.25) is 4.79 Å². The molecule has 1 aliphatic heterocycles. The summed E-state index contributed by atoms with van der Waals surface area (Å²) in [4.78, 5) is 36.4. The predicted octanol–water partition coefficient (Wildman–Crippen LogP) is 3.37. The molecule has 0 spiro atoms. The number of urea groups is 1. The third-order valence-corrected chi connectivity index (χ3v) is 6.83. The second-order valence-corrected chi connectivity index (χ2v) is 8.80. The number of para-hydroxylation sites is 1. The van der Waals surface area contributed by atoms with E-state index in [1.54, 1.807) is 30.2 Å². The van der Waals surface area contributed by atoms with Crippen molar-refractivity contribution in [2.24, 2.45) is 5.73 Å². The van der Waals surface area contributed by atoms with Gasteiger partial charge in [-0.25, -0.2) is 9.78 Å². The maximum Gasteiger partial charge on any atom is 0.315 e.